The highest BCUT2D eigenvalue weighted by atomic mass is 32.2. The van der Waals surface area contributed by atoms with Crippen molar-refractivity contribution >= 4 is 10.0 Å². The van der Waals surface area contributed by atoms with Crippen LogP contribution in [0, 0.1) is 6.92 Å². The molecule has 0 bridgehead atoms. The minimum Gasteiger partial charge on any atom is -0.497 e. The number of sulfonamides is 1. The second-order valence-corrected chi connectivity index (χ2v) is 9.56. The highest BCUT2D eigenvalue weighted by Gasteiger charge is 2.20. The molecule has 0 saturated heterocycles. The molecule has 1 heterocycles. The van der Waals surface area contributed by atoms with Crippen LogP contribution in [0.3, 0.4) is 0 Å². The van der Waals surface area contributed by atoms with Crippen molar-refractivity contribution in [3.63, 3.8) is 0 Å². The number of ether oxygens (including phenoxy) is 2. The first-order chi connectivity index (χ1) is 15.1. The van der Waals surface area contributed by atoms with Crippen LogP contribution in [0.2, 0.25) is 0 Å². The van der Waals surface area contributed by atoms with Crippen LogP contribution in [0.1, 0.15) is 36.6 Å². The topological polar surface area (TPSA) is 91.6 Å². The van der Waals surface area contributed by atoms with E-state index in [2.05, 4.69) is 4.72 Å². The predicted molar refractivity (Wildman–Crippen MR) is 123 cm³/mol. The summed E-state index contributed by atoms with van der Waals surface area (Å²) < 4.78 is 42.0. The fourth-order valence-electron chi connectivity index (χ4n) is 3.71. The van der Waals surface area contributed by atoms with Crippen LogP contribution in [0.4, 0.5) is 0 Å². The molecule has 0 fully saturated rings. The van der Waals surface area contributed by atoms with Crippen molar-refractivity contribution in [2.24, 2.45) is 7.05 Å². The molecule has 0 aliphatic carbocycles. The number of benzene rings is 2. The van der Waals surface area contributed by atoms with Gasteiger partial charge in [0.2, 0.25) is 10.0 Å². The van der Waals surface area contributed by atoms with Gasteiger partial charge < -0.3 is 9.47 Å². The fourth-order valence-corrected chi connectivity index (χ4v) is 4.71. The van der Waals surface area contributed by atoms with Crippen molar-refractivity contribution in [2.75, 3.05) is 14.2 Å². The summed E-state index contributed by atoms with van der Waals surface area (Å²) >= 11 is 0. The molecule has 1 aromatic heterocycles. The van der Waals surface area contributed by atoms with Gasteiger partial charge in [-0.25, -0.2) is 17.8 Å². The molecule has 9 heteroatoms. The van der Waals surface area contributed by atoms with E-state index in [9.17, 15) is 13.2 Å². The van der Waals surface area contributed by atoms with E-state index >= 15 is 0 Å². The highest BCUT2D eigenvalue weighted by Crippen LogP contribution is 2.25. The standard InChI is InChI=1S/C23H29N3O5S/c1-15(2)22-16(3)25(4)26(23(22)27)18-8-11-20(12-9-18)32(28,29)24-14-17-7-10-19(30-5)13-21(17)31-6/h7-13,15,24H,14H2,1-6H3. The second-order valence-electron chi connectivity index (χ2n) is 7.79. The van der Waals surface area contributed by atoms with Gasteiger partial charge in [0.05, 0.1) is 24.8 Å². The molecule has 0 spiro atoms. The Bertz CT molecular complexity index is 1270. The molecule has 0 radical (unpaired) electrons. The third-order valence-electron chi connectivity index (χ3n) is 5.51. The van der Waals surface area contributed by atoms with Crippen LogP contribution >= 0.6 is 0 Å². The SMILES string of the molecule is COc1ccc(CNS(=O)(=O)c2ccc(-n3c(=O)c(C(C)C)c(C)n3C)cc2)c(OC)c1. The molecule has 172 valence electrons. The first kappa shape index (κ1) is 23.6. The largest absolute Gasteiger partial charge is 0.497 e. The molecule has 0 aliphatic rings. The molecular formula is C23H29N3O5S. The smallest absolute Gasteiger partial charge is 0.275 e. The normalized spacial score (nSPS) is 11.7. The van der Waals surface area contributed by atoms with Gasteiger partial charge in [0, 0.05) is 36.5 Å². The first-order valence-electron chi connectivity index (χ1n) is 10.2. The van der Waals surface area contributed by atoms with Gasteiger partial charge in [-0.1, -0.05) is 19.9 Å². The summed E-state index contributed by atoms with van der Waals surface area (Å²) in [6.07, 6.45) is 0. The number of rotatable bonds is 8. The molecule has 3 aromatic rings. The molecule has 32 heavy (non-hydrogen) atoms. The Labute approximate surface area is 188 Å². The van der Waals surface area contributed by atoms with Gasteiger partial charge in [0.1, 0.15) is 11.5 Å². The average molecular weight is 460 g/mol. The van der Waals surface area contributed by atoms with E-state index in [0.717, 1.165) is 11.3 Å². The molecule has 0 atom stereocenters. The van der Waals surface area contributed by atoms with Gasteiger partial charge in [-0.15, -0.1) is 0 Å². The summed E-state index contributed by atoms with van der Waals surface area (Å²) in [5.41, 5.74) is 2.82. The average Bonchev–Trinajstić information content (AvgIpc) is 3.00. The Morgan fingerprint density at radius 3 is 2.22 bits per heavy atom. The van der Waals surface area contributed by atoms with E-state index in [1.165, 1.54) is 19.2 Å². The lowest BCUT2D eigenvalue weighted by atomic mass is 10.0. The number of aromatic nitrogens is 2. The number of nitrogens with zero attached hydrogens (tertiary/aromatic N) is 2. The van der Waals surface area contributed by atoms with E-state index in [1.54, 1.807) is 46.8 Å². The van der Waals surface area contributed by atoms with Gasteiger partial charge in [-0.3, -0.25) is 9.48 Å². The van der Waals surface area contributed by atoms with Gasteiger partial charge in [0.15, 0.2) is 0 Å². The highest BCUT2D eigenvalue weighted by molar-refractivity contribution is 7.89. The molecule has 8 nitrogen and oxygen atoms in total. The zero-order valence-electron chi connectivity index (χ0n) is 19.2. The van der Waals surface area contributed by atoms with Crippen LogP contribution in [-0.4, -0.2) is 32.0 Å². The van der Waals surface area contributed by atoms with Crippen molar-refractivity contribution in [1.82, 2.24) is 14.1 Å². The quantitative estimate of drug-likeness (QED) is 0.559. The molecule has 0 amide bonds. The molecular weight excluding hydrogens is 430 g/mol. The van der Waals surface area contributed by atoms with E-state index in [1.807, 2.05) is 27.8 Å². The van der Waals surface area contributed by atoms with E-state index in [-0.39, 0.29) is 22.9 Å². The lowest BCUT2D eigenvalue weighted by Gasteiger charge is -2.12. The summed E-state index contributed by atoms with van der Waals surface area (Å²) in [5.74, 6) is 1.24. The minimum atomic E-state index is -3.77. The third kappa shape index (κ3) is 4.44. The van der Waals surface area contributed by atoms with Gasteiger partial charge in [0.25, 0.3) is 5.56 Å². The van der Waals surface area contributed by atoms with E-state index in [4.69, 9.17) is 9.47 Å². The molecule has 3 rings (SSSR count). The van der Waals surface area contributed by atoms with E-state index in [0.29, 0.717) is 22.7 Å². The lowest BCUT2D eigenvalue weighted by Crippen LogP contribution is -2.24. The maximum atomic E-state index is 12.9. The van der Waals surface area contributed by atoms with Crippen molar-refractivity contribution < 1.29 is 17.9 Å². The molecule has 0 saturated carbocycles. The zero-order chi connectivity index (χ0) is 23.6. The Morgan fingerprint density at radius 1 is 1.03 bits per heavy atom. The number of methoxy groups -OCH3 is 2. The predicted octanol–water partition coefficient (Wildman–Crippen LogP) is 3.10. The van der Waals surface area contributed by atoms with Crippen molar-refractivity contribution in [3.8, 4) is 17.2 Å². The summed E-state index contributed by atoms with van der Waals surface area (Å²) in [4.78, 5) is 13.0. The van der Waals surface area contributed by atoms with Crippen LogP contribution in [0.15, 0.2) is 52.2 Å². The van der Waals surface area contributed by atoms with Crippen molar-refractivity contribution in [2.45, 2.75) is 38.1 Å². The van der Waals surface area contributed by atoms with Crippen molar-refractivity contribution in [3.05, 3.63) is 69.6 Å². The van der Waals surface area contributed by atoms with Gasteiger partial charge in [-0.2, -0.15) is 0 Å². The Balaban J connectivity index is 1.85. The molecule has 2 aromatic carbocycles. The number of hydrogen-bond donors (Lipinski definition) is 1. The first-order valence-corrected chi connectivity index (χ1v) is 11.7. The summed E-state index contributed by atoms with van der Waals surface area (Å²) in [7, 11) is 1.12. The monoisotopic (exact) mass is 459 g/mol. The molecule has 0 aliphatic heterocycles. The fraction of sp³-hybridized carbons (Fsp3) is 0.348. The van der Waals surface area contributed by atoms with Crippen molar-refractivity contribution in [1.29, 1.82) is 0 Å². The minimum absolute atomic E-state index is 0.0610. The maximum absolute atomic E-state index is 12.9. The van der Waals surface area contributed by atoms with Crippen LogP contribution < -0.4 is 19.8 Å². The molecule has 1 N–H and O–H groups in total. The van der Waals surface area contributed by atoms with E-state index < -0.39 is 10.0 Å². The lowest BCUT2D eigenvalue weighted by molar-refractivity contribution is 0.390. The van der Waals surface area contributed by atoms with Crippen LogP contribution in [0.25, 0.3) is 5.69 Å². The third-order valence-corrected chi connectivity index (χ3v) is 6.93. The van der Waals surface area contributed by atoms with Crippen LogP contribution in [0.5, 0.6) is 11.5 Å². The summed E-state index contributed by atoms with van der Waals surface area (Å²) in [6, 6.07) is 11.4. The summed E-state index contributed by atoms with van der Waals surface area (Å²) in [6.45, 7) is 5.93. The number of nitrogens with one attached hydrogen (secondary N) is 1. The maximum Gasteiger partial charge on any atom is 0.275 e. The van der Waals surface area contributed by atoms with Gasteiger partial charge >= 0.3 is 0 Å². The zero-order valence-corrected chi connectivity index (χ0v) is 20.0. The van der Waals surface area contributed by atoms with Crippen LogP contribution in [-0.2, 0) is 23.6 Å². The number of hydrogen-bond acceptors (Lipinski definition) is 5. The Kier molecular flexibility index (Phi) is 6.80. The Morgan fingerprint density at radius 2 is 1.69 bits per heavy atom. The van der Waals surface area contributed by atoms with Gasteiger partial charge in [-0.05, 0) is 43.2 Å². The second kappa shape index (κ2) is 9.22. The molecule has 0 unspecified atom stereocenters. The Hall–Kier alpha value is -3.04. The summed E-state index contributed by atoms with van der Waals surface area (Å²) in [5, 5.41) is 0.